The molecule has 214 valence electrons. The van der Waals surface area contributed by atoms with Crippen molar-refractivity contribution >= 4 is 70.2 Å². The average Bonchev–Trinajstić information content (AvgIpc) is 3.49. The van der Waals surface area contributed by atoms with E-state index in [4.69, 9.17) is 28.9 Å². The van der Waals surface area contributed by atoms with Crippen molar-refractivity contribution in [3.05, 3.63) is 92.5 Å². The van der Waals surface area contributed by atoms with Crippen molar-refractivity contribution in [1.82, 2.24) is 15.5 Å². The van der Waals surface area contributed by atoms with E-state index in [2.05, 4.69) is 17.2 Å². The molecule has 5 N–H and O–H groups in total. The van der Waals surface area contributed by atoms with Crippen molar-refractivity contribution in [2.45, 2.75) is 30.7 Å². The zero-order chi connectivity index (χ0) is 29.7. The van der Waals surface area contributed by atoms with E-state index in [9.17, 15) is 24.3 Å². The summed E-state index contributed by atoms with van der Waals surface area (Å²) in [5.74, 6) is -1.55. The van der Waals surface area contributed by atoms with Gasteiger partial charge in [0.05, 0.1) is 26.4 Å². The Kier molecular flexibility index (Phi) is 9.80. The predicted octanol–water partition coefficient (Wildman–Crippen LogP) is 4.05. The van der Waals surface area contributed by atoms with Crippen LogP contribution in [0.2, 0.25) is 10.0 Å². The molecule has 2 aliphatic heterocycles. The van der Waals surface area contributed by atoms with Gasteiger partial charge in [0, 0.05) is 30.9 Å². The number of nitrogen functional groups attached to an aromatic ring is 1. The number of benzene rings is 2. The highest BCUT2D eigenvalue weighted by Gasteiger charge is 2.30. The molecule has 4 rings (SSSR count). The molecule has 2 aliphatic rings. The Balaban J connectivity index is 1.49. The van der Waals surface area contributed by atoms with Crippen LogP contribution in [0, 0.1) is 0 Å². The number of aldehydes is 1. The number of rotatable bonds is 9. The normalized spacial score (nSPS) is 17.0. The highest BCUT2D eigenvalue weighted by molar-refractivity contribution is 8.03. The van der Waals surface area contributed by atoms with Crippen LogP contribution < -0.4 is 16.4 Å². The van der Waals surface area contributed by atoms with E-state index >= 15 is 0 Å². The van der Waals surface area contributed by atoms with E-state index in [1.807, 2.05) is 11.5 Å². The molecule has 0 aliphatic carbocycles. The standard InChI is InChI=1S/C29H28Cl2N4O5S/c1-16(37)11-21(20-5-2-3-6-23(20)32)29(40)35-9-8-19-17(14-35)12-22(30)25(26(19)31)28(39)34-18(15-36)13-33-27(38)24-7-4-10-41-24/h2-6,10-12,15,18,24,37H,1,7-9,13-14,32H2,(H,33,38)(H,34,39)/b21-11+/t18-,24?/m0/s1. The Morgan fingerprint density at radius 3 is 2.68 bits per heavy atom. The number of aliphatic hydroxyl groups excluding tert-OH is 1. The lowest BCUT2D eigenvalue weighted by atomic mass is 9.94. The lowest BCUT2D eigenvalue weighted by Gasteiger charge is -2.31. The number of hydrogen-bond acceptors (Lipinski definition) is 7. The number of fused-ring (bicyclic) bond motifs is 1. The molecule has 0 fully saturated rings. The van der Waals surface area contributed by atoms with Gasteiger partial charge in [0.15, 0.2) is 0 Å². The number of aliphatic hydroxyl groups is 1. The molecule has 3 amide bonds. The van der Waals surface area contributed by atoms with Crippen LogP contribution in [0.3, 0.4) is 0 Å². The highest BCUT2D eigenvalue weighted by Crippen LogP contribution is 2.36. The van der Waals surface area contributed by atoms with Crippen molar-refractivity contribution in [2.75, 3.05) is 18.8 Å². The summed E-state index contributed by atoms with van der Waals surface area (Å²) in [4.78, 5) is 52.1. The van der Waals surface area contributed by atoms with Crippen LogP contribution in [0.4, 0.5) is 5.69 Å². The van der Waals surface area contributed by atoms with Gasteiger partial charge in [-0.15, -0.1) is 11.8 Å². The van der Waals surface area contributed by atoms with Gasteiger partial charge < -0.3 is 31.2 Å². The summed E-state index contributed by atoms with van der Waals surface area (Å²) in [5.41, 5.74) is 8.42. The van der Waals surface area contributed by atoms with Crippen molar-refractivity contribution < 1.29 is 24.3 Å². The third-order valence-electron chi connectivity index (χ3n) is 6.67. The fourth-order valence-electron chi connectivity index (χ4n) is 4.62. The molecule has 0 spiro atoms. The number of nitrogens with one attached hydrogen (secondary N) is 2. The van der Waals surface area contributed by atoms with Crippen molar-refractivity contribution in [3.63, 3.8) is 0 Å². The fraction of sp³-hybridized carbons (Fsp3) is 0.241. The topological polar surface area (TPSA) is 142 Å². The first-order valence-corrected chi connectivity index (χ1v) is 14.4. The van der Waals surface area contributed by atoms with E-state index in [0.717, 1.165) is 0 Å². The van der Waals surface area contributed by atoms with Gasteiger partial charge in [-0.3, -0.25) is 14.4 Å². The lowest BCUT2D eigenvalue weighted by molar-refractivity contribution is -0.126. The van der Waals surface area contributed by atoms with Crippen LogP contribution in [0.25, 0.3) is 5.57 Å². The molecule has 2 aromatic carbocycles. The summed E-state index contributed by atoms with van der Waals surface area (Å²) in [6.45, 7) is 3.82. The smallest absolute Gasteiger partial charge is 0.254 e. The van der Waals surface area contributed by atoms with Gasteiger partial charge in [-0.25, -0.2) is 0 Å². The van der Waals surface area contributed by atoms with E-state index in [1.54, 1.807) is 35.2 Å². The fourth-order valence-corrected chi connectivity index (χ4v) is 6.22. The molecule has 0 saturated carbocycles. The average molecular weight is 616 g/mol. The van der Waals surface area contributed by atoms with Crippen LogP contribution in [0.5, 0.6) is 0 Å². The lowest BCUT2D eigenvalue weighted by Crippen LogP contribution is -2.46. The predicted molar refractivity (Wildman–Crippen MR) is 162 cm³/mol. The molecule has 0 radical (unpaired) electrons. The van der Waals surface area contributed by atoms with Crippen LogP contribution in [0.15, 0.2) is 60.2 Å². The van der Waals surface area contributed by atoms with Gasteiger partial charge in [-0.1, -0.05) is 54.1 Å². The van der Waals surface area contributed by atoms with E-state index in [1.165, 1.54) is 17.8 Å². The summed E-state index contributed by atoms with van der Waals surface area (Å²) < 4.78 is 0. The Hall–Kier alpha value is -3.73. The molecule has 12 heteroatoms. The molecule has 0 bridgehead atoms. The molecule has 9 nitrogen and oxygen atoms in total. The molecule has 0 saturated heterocycles. The number of anilines is 1. The van der Waals surface area contributed by atoms with Crippen LogP contribution >= 0.6 is 35.0 Å². The Morgan fingerprint density at radius 1 is 1.27 bits per heavy atom. The van der Waals surface area contributed by atoms with E-state index < -0.39 is 11.9 Å². The van der Waals surface area contributed by atoms with Gasteiger partial charge in [0.1, 0.15) is 18.1 Å². The number of allylic oxidation sites excluding steroid dienone is 2. The number of hydrogen-bond donors (Lipinski definition) is 4. The summed E-state index contributed by atoms with van der Waals surface area (Å²) >= 11 is 14.5. The first-order chi connectivity index (χ1) is 19.6. The molecule has 0 aromatic heterocycles. The van der Waals surface area contributed by atoms with E-state index in [0.29, 0.717) is 41.5 Å². The number of amides is 3. The minimum atomic E-state index is -0.987. The zero-order valence-electron chi connectivity index (χ0n) is 21.9. The van der Waals surface area contributed by atoms with Gasteiger partial charge in [0.25, 0.3) is 11.8 Å². The van der Waals surface area contributed by atoms with Gasteiger partial charge >= 0.3 is 0 Å². The van der Waals surface area contributed by atoms with E-state index in [-0.39, 0.29) is 63.6 Å². The minimum absolute atomic E-state index is 0.00908. The second-order valence-electron chi connectivity index (χ2n) is 9.49. The van der Waals surface area contributed by atoms with Crippen LogP contribution in [-0.2, 0) is 27.3 Å². The Labute approximate surface area is 251 Å². The quantitative estimate of drug-likeness (QED) is 0.110. The molecular formula is C29H28Cl2N4O5S. The van der Waals surface area contributed by atoms with Crippen molar-refractivity contribution in [2.24, 2.45) is 0 Å². The number of nitrogens with zero attached hydrogens (tertiary/aromatic N) is 1. The third-order valence-corrected chi connectivity index (χ3v) is 8.47. The first-order valence-electron chi connectivity index (χ1n) is 12.7. The molecule has 2 heterocycles. The molecule has 2 atom stereocenters. The zero-order valence-corrected chi connectivity index (χ0v) is 24.2. The monoisotopic (exact) mass is 614 g/mol. The van der Waals surface area contributed by atoms with Gasteiger partial charge in [-0.05, 0) is 47.6 Å². The molecular weight excluding hydrogens is 587 g/mol. The SMILES string of the molecule is C=C(O)/C=C(/C(=O)N1CCc2c(cc(Cl)c(C(=O)N[C@H](C=O)CNC(=O)C3CC=CS3)c2Cl)C1)c1ccccc1N. The van der Waals surface area contributed by atoms with Gasteiger partial charge in [-0.2, -0.15) is 0 Å². The maximum absolute atomic E-state index is 13.5. The van der Waals surface area contributed by atoms with Crippen molar-refractivity contribution in [3.8, 4) is 0 Å². The number of halogens is 2. The first kappa shape index (κ1) is 30.2. The number of thioether (sulfide) groups is 1. The van der Waals surface area contributed by atoms with Crippen molar-refractivity contribution in [1.29, 1.82) is 0 Å². The van der Waals surface area contributed by atoms with Gasteiger partial charge in [0.2, 0.25) is 5.91 Å². The Bertz CT molecular complexity index is 1470. The summed E-state index contributed by atoms with van der Waals surface area (Å²) in [7, 11) is 0. The summed E-state index contributed by atoms with van der Waals surface area (Å²) in [6.07, 6.45) is 4.63. The molecule has 1 unspecified atom stereocenters. The number of carbonyl (C=O) groups excluding carboxylic acids is 4. The largest absolute Gasteiger partial charge is 0.509 e. The Morgan fingerprint density at radius 2 is 2.02 bits per heavy atom. The maximum atomic E-state index is 13.5. The summed E-state index contributed by atoms with van der Waals surface area (Å²) in [6, 6.07) is 7.40. The van der Waals surface area contributed by atoms with Crippen LogP contribution in [0.1, 0.15) is 33.5 Å². The molecule has 41 heavy (non-hydrogen) atoms. The number of para-hydroxylation sites is 1. The minimum Gasteiger partial charge on any atom is -0.509 e. The second kappa shape index (κ2) is 13.3. The van der Waals surface area contributed by atoms with Crippen LogP contribution in [-0.4, -0.2) is 58.4 Å². The highest BCUT2D eigenvalue weighted by atomic mass is 35.5. The summed E-state index contributed by atoms with van der Waals surface area (Å²) in [5, 5.41) is 16.8. The number of nitrogens with two attached hydrogens (primary N) is 1. The second-order valence-corrected chi connectivity index (χ2v) is 11.4. The molecule has 2 aromatic rings. The maximum Gasteiger partial charge on any atom is 0.254 e. The third kappa shape index (κ3) is 6.95. The number of carbonyl (C=O) groups is 4.